The molecule has 1 heterocycles. The Bertz CT molecular complexity index is 506. The summed E-state index contributed by atoms with van der Waals surface area (Å²) in [5, 5.41) is 0. The maximum Gasteiger partial charge on any atom is 0.341 e. The molecular formula is C13H13NO3. The summed E-state index contributed by atoms with van der Waals surface area (Å²) in [5.74, 6) is 1.23. The smallest absolute Gasteiger partial charge is 0.341 e. The summed E-state index contributed by atoms with van der Waals surface area (Å²) in [4.78, 5) is 16.0. The molecule has 1 fully saturated rings. The topological polar surface area (TPSA) is 47.9 Å². The quantitative estimate of drug-likeness (QED) is 0.730. The fraction of sp³-hybridized carbons (Fsp3) is 0.385. The normalized spacial score (nSPS) is 30.1. The fourth-order valence-electron chi connectivity index (χ4n) is 2.40. The molecule has 4 nitrogen and oxygen atoms in total. The monoisotopic (exact) mass is 231 g/mol. The predicted octanol–water partition coefficient (Wildman–Crippen LogP) is 1.90. The number of ether oxygens (including phenoxy) is 2. The van der Waals surface area contributed by atoms with Crippen LogP contribution in [-0.2, 0) is 9.53 Å². The lowest BCUT2D eigenvalue weighted by atomic mass is 10.1. The molecule has 1 aromatic carbocycles. The summed E-state index contributed by atoms with van der Waals surface area (Å²) in [6.45, 7) is 1.72. The Hall–Kier alpha value is -1.84. The molecule has 3 rings (SSSR count). The van der Waals surface area contributed by atoms with Crippen molar-refractivity contribution < 1.29 is 14.3 Å². The van der Waals surface area contributed by atoms with Gasteiger partial charge in [0.2, 0.25) is 0 Å². The molecule has 4 heteroatoms. The first-order valence-electron chi connectivity index (χ1n) is 5.58. The molecule has 17 heavy (non-hydrogen) atoms. The average Bonchev–Trinajstić information content (AvgIpc) is 2.97. The summed E-state index contributed by atoms with van der Waals surface area (Å²) in [7, 11) is 1.63. The van der Waals surface area contributed by atoms with E-state index in [-0.39, 0.29) is 11.9 Å². The summed E-state index contributed by atoms with van der Waals surface area (Å²) in [5.41, 5.74) is 0.486. The number of hydrogen-bond acceptors (Lipinski definition) is 4. The van der Waals surface area contributed by atoms with E-state index in [1.165, 1.54) is 0 Å². The molecule has 88 valence electrons. The number of nitrogens with zero attached hydrogens (tertiary/aromatic N) is 1. The Morgan fingerprint density at radius 1 is 1.41 bits per heavy atom. The van der Waals surface area contributed by atoms with Crippen LogP contribution in [0.3, 0.4) is 0 Å². The molecule has 2 aliphatic rings. The third-order valence-corrected chi connectivity index (χ3v) is 3.40. The first-order valence-corrected chi connectivity index (χ1v) is 5.58. The van der Waals surface area contributed by atoms with Crippen LogP contribution < -0.4 is 4.74 Å². The van der Waals surface area contributed by atoms with Gasteiger partial charge in [-0.1, -0.05) is 12.1 Å². The number of cyclic esters (lactones) is 1. The summed E-state index contributed by atoms with van der Waals surface area (Å²) < 4.78 is 10.1. The molecule has 0 N–H and O–H groups in total. The predicted molar refractivity (Wildman–Crippen MR) is 62.3 cm³/mol. The molecule has 1 aliphatic carbocycles. The minimum atomic E-state index is -0.626. The zero-order chi connectivity index (χ0) is 12.0. The van der Waals surface area contributed by atoms with Gasteiger partial charge in [-0.05, 0) is 24.1 Å². The van der Waals surface area contributed by atoms with Crippen molar-refractivity contribution in [1.82, 2.24) is 0 Å². The molecular weight excluding hydrogens is 218 g/mol. The number of hydrogen-bond donors (Lipinski definition) is 0. The van der Waals surface area contributed by atoms with Gasteiger partial charge in [0, 0.05) is 12.8 Å². The number of esters is 1. The van der Waals surface area contributed by atoms with Crippen LogP contribution in [0.2, 0.25) is 0 Å². The van der Waals surface area contributed by atoms with Crippen molar-refractivity contribution in [1.29, 1.82) is 0 Å². The molecule has 0 bridgehead atoms. The number of carbonyl (C=O) groups is 1. The van der Waals surface area contributed by atoms with Gasteiger partial charge in [0.15, 0.2) is 11.4 Å². The molecule has 0 saturated heterocycles. The van der Waals surface area contributed by atoms with Gasteiger partial charge in [-0.2, -0.15) is 0 Å². The maximum atomic E-state index is 11.7. The standard InChI is InChI=1S/C13H13NO3/c1-8-14-13(12(15)17-8)7-11(13)9-3-5-10(16-2)6-4-9/h3-6,11H,7H2,1-2H3/t11-,13+/m0/s1. The largest absolute Gasteiger partial charge is 0.497 e. The molecule has 1 spiro atoms. The van der Waals surface area contributed by atoms with Gasteiger partial charge in [-0.15, -0.1) is 0 Å². The second kappa shape index (κ2) is 3.32. The van der Waals surface area contributed by atoms with Crippen molar-refractivity contribution >= 4 is 11.9 Å². The van der Waals surface area contributed by atoms with Gasteiger partial charge >= 0.3 is 5.97 Å². The van der Waals surface area contributed by atoms with E-state index >= 15 is 0 Å². The second-order valence-corrected chi connectivity index (χ2v) is 4.47. The van der Waals surface area contributed by atoms with Crippen molar-refractivity contribution in [2.75, 3.05) is 7.11 Å². The van der Waals surface area contributed by atoms with E-state index in [9.17, 15) is 4.79 Å². The molecule has 1 saturated carbocycles. The number of carbonyl (C=O) groups excluding carboxylic acids is 1. The van der Waals surface area contributed by atoms with Gasteiger partial charge < -0.3 is 9.47 Å². The third-order valence-electron chi connectivity index (χ3n) is 3.40. The van der Waals surface area contributed by atoms with Crippen molar-refractivity contribution in [3.8, 4) is 5.75 Å². The minimum absolute atomic E-state index is 0.151. The van der Waals surface area contributed by atoms with Crippen molar-refractivity contribution in [2.24, 2.45) is 4.99 Å². The van der Waals surface area contributed by atoms with E-state index in [1.54, 1.807) is 14.0 Å². The van der Waals surface area contributed by atoms with Crippen LogP contribution in [0.15, 0.2) is 29.3 Å². The number of aliphatic imine (C=N–C) groups is 1. The average molecular weight is 231 g/mol. The second-order valence-electron chi connectivity index (χ2n) is 4.47. The van der Waals surface area contributed by atoms with E-state index in [0.717, 1.165) is 17.7 Å². The van der Waals surface area contributed by atoms with Crippen LogP contribution in [0.1, 0.15) is 24.8 Å². The Kier molecular flexibility index (Phi) is 2.02. The lowest BCUT2D eigenvalue weighted by Gasteiger charge is -2.04. The van der Waals surface area contributed by atoms with Crippen LogP contribution in [0.4, 0.5) is 0 Å². The minimum Gasteiger partial charge on any atom is -0.497 e. The van der Waals surface area contributed by atoms with E-state index in [4.69, 9.17) is 9.47 Å². The van der Waals surface area contributed by atoms with E-state index in [1.807, 2.05) is 24.3 Å². The Morgan fingerprint density at radius 2 is 2.12 bits per heavy atom. The van der Waals surface area contributed by atoms with E-state index in [2.05, 4.69) is 4.99 Å². The van der Waals surface area contributed by atoms with Crippen LogP contribution in [0, 0.1) is 0 Å². The fourth-order valence-corrected chi connectivity index (χ4v) is 2.40. The first-order chi connectivity index (χ1) is 8.15. The number of benzene rings is 1. The lowest BCUT2D eigenvalue weighted by molar-refractivity contribution is -0.136. The molecule has 2 atom stereocenters. The number of methoxy groups -OCH3 is 1. The summed E-state index contributed by atoms with van der Waals surface area (Å²) in [6.07, 6.45) is 0.746. The van der Waals surface area contributed by atoms with E-state index in [0.29, 0.717) is 5.90 Å². The first kappa shape index (κ1) is 10.3. The molecule has 0 unspecified atom stereocenters. The highest BCUT2D eigenvalue weighted by Crippen LogP contribution is 2.57. The molecule has 0 aromatic heterocycles. The molecule has 1 aliphatic heterocycles. The third kappa shape index (κ3) is 1.44. The molecule has 0 amide bonds. The maximum absolute atomic E-state index is 11.7. The van der Waals surface area contributed by atoms with Gasteiger partial charge in [-0.25, -0.2) is 9.79 Å². The summed E-state index contributed by atoms with van der Waals surface area (Å²) in [6, 6.07) is 7.76. The highest BCUT2D eigenvalue weighted by Gasteiger charge is 2.65. The van der Waals surface area contributed by atoms with Crippen molar-refractivity contribution in [2.45, 2.75) is 24.8 Å². The van der Waals surface area contributed by atoms with Gasteiger partial charge in [0.05, 0.1) is 7.11 Å². The Balaban J connectivity index is 1.86. The number of rotatable bonds is 2. The highest BCUT2D eigenvalue weighted by molar-refractivity contribution is 6.02. The van der Waals surface area contributed by atoms with Crippen molar-refractivity contribution in [3.05, 3.63) is 29.8 Å². The van der Waals surface area contributed by atoms with Gasteiger partial charge in [0.25, 0.3) is 0 Å². The summed E-state index contributed by atoms with van der Waals surface area (Å²) >= 11 is 0. The van der Waals surface area contributed by atoms with Crippen LogP contribution in [0.5, 0.6) is 5.75 Å². The van der Waals surface area contributed by atoms with Gasteiger partial charge in [0.1, 0.15) is 5.75 Å². The zero-order valence-electron chi connectivity index (χ0n) is 9.77. The van der Waals surface area contributed by atoms with Crippen LogP contribution >= 0.6 is 0 Å². The molecule has 0 radical (unpaired) electrons. The van der Waals surface area contributed by atoms with Crippen molar-refractivity contribution in [3.63, 3.8) is 0 Å². The highest BCUT2D eigenvalue weighted by atomic mass is 16.6. The molecule has 1 aromatic rings. The van der Waals surface area contributed by atoms with Crippen LogP contribution in [-0.4, -0.2) is 24.5 Å². The SMILES string of the molecule is COc1ccc([C@@H]2C[C@@]23N=C(C)OC3=O)cc1. The van der Waals surface area contributed by atoms with Gasteiger partial charge in [-0.3, -0.25) is 0 Å². The lowest BCUT2D eigenvalue weighted by Crippen LogP contribution is -2.18. The van der Waals surface area contributed by atoms with E-state index < -0.39 is 5.54 Å². The Morgan fingerprint density at radius 3 is 2.65 bits per heavy atom. The zero-order valence-corrected chi connectivity index (χ0v) is 9.77. The Labute approximate surface area is 99.3 Å². The van der Waals surface area contributed by atoms with Crippen LogP contribution in [0.25, 0.3) is 0 Å².